The summed E-state index contributed by atoms with van der Waals surface area (Å²) in [4.78, 5) is 8.50. The maximum absolute atomic E-state index is 5.98. The predicted octanol–water partition coefficient (Wildman–Crippen LogP) is 5.10. The molecule has 0 spiro atoms. The number of anilines is 2. The monoisotopic (exact) mass is 347 g/mol. The minimum Gasteiger partial charge on any atom is -0.339 e. The van der Waals surface area contributed by atoms with Crippen LogP contribution in [-0.2, 0) is 0 Å². The molecule has 0 aliphatic rings. The fraction of sp³-hybridized carbons (Fsp3) is 0.0667. The van der Waals surface area contributed by atoms with E-state index in [1.54, 1.807) is 0 Å². The third-order valence-corrected chi connectivity index (χ3v) is 3.78. The van der Waals surface area contributed by atoms with Crippen LogP contribution in [0.4, 0.5) is 11.5 Å². The zero-order chi connectivity index (χ0) is 14.1. The van der Waals surface area contributed by atoms with Crippen LogP contribution in [-0.4, -0.2) is 9.97 Å². The second kappa shape index (κ2) is 5.38. The summed E-state index contributed by atoms with van der Waals surface area (Å²) in [5, 5.41) is 4.47. The summed E-state index contributed by atoms with van der Waals surface area (Å²) >= 11 is 9.53. The van der Waals surface area contributed by atoms with Crippen LogP contribution in [0.5, 0.6) is 0 Å². The van der Waals surface area contributed by atoms with Gasteiger partial charge in [-0.2, -0.15) is 4.98 Å². The number of hydrogen-bond donors (Lipinski definition) is 1. The number of halogens is 2. The lowest BCUT2D eigenvalue weighted by molar-refractivity contribution is 1.22. The molecule has 3 aromatic rings. The highest BCUT2D eigenvalue weighted by atomic mass is 79.9. The number of rotatable bonds is 2. The molecule has 2 aromatic carbocycles. The number of hydrogen-bond acceptors (Lipinski definition) is 3. The molecule has 100 valence electrons. The second-order valence-electron chi connectivity index (χ2n) is 4.47. The molecule has 0 saturated heterocycles. The molecule has 20 heavy (non-hydrogen) atoms. The van der Waals surface area contributed by atoms with Gasteiger partial charge in [0.15, 0.2) is 0 Å². The highest BCUT2D eigenvalue weighted by Crippen LogP contribution is 2.29. The maximum Gasteiger partial charge on any atom is 0.224 e. The lowest BCUT2D eigenvalue weighted by atomic mass is 10.2. The van der Waals surface area contributed by atoms with E-state index in [9.17, 15) is 0 Å². The van der Waals surface area contributed by atoms with E-state index in [-0.39, 0.29) is 5.28 Å². The Hall–Kier alpha value is -1.65. The van der Waals surface area contributed by atoms with Crippen LogP contribution in [0.1, 0.15) is 5.56 Å². The number of nitrogens with zero attached hydrogens (tertiary/aromatic N) is 2. The molecule has 0 saturated carbocycles. The maximum atomic E-state index is 5.98. The lowest BCUT2D eigenvalue weighted by Gasteiger charge is -2.11. The van der Waals surface area contributed by atoms with E-state index in [1.807, 2.05) is 49.4 Å². The molecule has 0 aliphatic heterocycles. The minimum absolute atomic E-state index is 0.231. The Kier molecular flexibility index (Phi) is 3.59. The van der Waals surface area contributed by atoms with E-state index >= 15 is 0 Å². The summed E-state index contributed by atoms with van der Waals surface area (Å²) in [6, 6.07) is 13.9. The highest BCUT2D eigenvalue weighted by Gasteiger charge is 2.08. The molecule has 3 nitrogen and oxygen atoms in total. The van der Waals surface area contributed by atoms with Gasteiger partial charge in [-0.05, 0) is 64.3 Å². The van der Waals surface area contributed by atoms with Crippen LogP contribution in [0.25, 0.3) is 10.9 Å². The SMILES string of the molecule is Cc1ccc(Nc2nc(Cl)nc3ccccc23)c(Br)c1. The number of para-hydroxylation sites is 1. The van der Waals surface area contributed by atoms with Crippen LogP contribution in [0.15, 0.2) is 46.9 Å². The van der Waals surface area contributed by atoms with Crippen molar-refractivity contribution >= 4 is 49.9 Å². The summed E-state index contributed by atoms with van der Waals surface area (Å²) in [5.41, 5.74) is 2.95. The Bertz CT molecular complexity index is 789. The van der Waals surface area contributed by atoms with Crippen molar-refractivity contribution in [3.63, 3.8) is 0 Å². The van der Waals surface area contributed by atoms with Gasteiger partial charge in [0.1, 0.15) is 5.82 Å². The molecule has 1 aromatic heterocycles. The summed E-state index contributed by atoms with van der Waals surface area (Å²) in [6.45, 7) is 2.05. The van der Waals surface area contributed by atoms with Crippen molar-refractivity contribution in [1.29, 1.82) is 0 Å². The van der Waals surface area contributed by atoms with Crippen molar-refractivity contribution in [1.82, 2.24) is 9.97 Å². The van der Waals surface area contributed by atoms with Crippen molar-refractivity contribution in [3.05, 3.63) is 57.8 Å². The number of aromatic nitrogens is 2. The zero-order valence-corrected chi connectivity index (χ0v) is 13.0. The van der Waals surface area contributed by atoms with Crippen molar-refractivity contribution < 1.29 is 0 Å². The molecule has 0 aliphatic carbocycles. The molecule has 0 fully saturated rings. The predicted molar refractivity (Wildman–Crippen MR) is 86.7 cm³/mol. The summed E-state index contributed by atoms with van der Waals surface area (Å²) in [7, 11) is 0. The van der Waals surface area contributed by atoms with Crippen LogP contribution >= 0.6 is 27.5 Å². The molecule has 1 N–H and O–H groups in total. The molecular formula is C15H11BrClN3. The molecule has 0 unspecified atom stereocenters. The van der Waals surface area contributed by atoms with Crippen molar-refractivity contribution in [2.45, 2.75) is 6.92 Å². The van der Waals surface area contributed by atoms with Gasteiger partial charge in [0.05, 0.1) is 11.2 Å². The van der Waals surface area contributed by atoms with Gasteiger partial charge in [0.2, 0.25) is 5.28 Å². The standard InChI is InChI=1S/C15H11BrClN3/c1-9-6-7-13(11(16)8-9)18-14-10-4-2-3-5-12(10)19-15(17)20-14/h2-8H,1H3,(H,18,19,20). The van der Waals surface area contributed by atoms with E-state index in [1.165, 1.54) is 5.56 Å². The third-order valence-electron chi connectivity index (χ3n) is 2.95. The first-order chi connectivity index (χ1) is 9.63. The summed E-state index contributed by atoms with van der Waals surface area (Å²) in [6.07, 6.45) is 0. The van der Waals surface area contributed by atoms with E-state index in [0.717, 1.165) is 21.1 Å². The lowest BCUT2D eigenvalue weighted by Crippen LogP contribution is -1.98. The Morgan fingerprint density at radius 1 is 1.10 bits per heavy atom. The quantitative estimate of drug-likeness (QED) is 0.655. The van der Waals surface area contributed by atoms with Crippen LogP contribution in [0.3, 0.4) is 0 Å². The van der Waals surface area contributed by atoms with Gasteiger partial charge in [-0.25, -0.2) is 4.98 Å². The molecule has 1 heterocycles. The van der Waals surface area contributed by atoms with Gasteiger partial charge in [-0.15, -0.1) is 0 Å². The second-order valence-corrected chi connectivity index (χ2v) is 5.66. The van der Waals surface area contributed by atoms with Gasteiger partial charge < -0.3 is 5.32 Å². The smallest absolute Gasteiger partial charge is 0.224 e. The third kappa shape index (κ3) is 2.62. The van der Waals surface area contributed by atoms with Gasteiger partial charge in [-0.3, -0.25) is 0 Å². The summed E-state index contributed by atoms with van der Waals surface area (Å²) < 4.78 is 0.983. The number of nitrogens with one attached hydrogen (secondary N) is 1. The van der Waals surface area contributed by atoms with Crippen molar-refractivity contribution in [2.75, 3.05) is 5.32 Å². The molecule has 0 radical (unpaired) electrons. The zero-order valence-electron chi connectivity index (χ0n) is 10.7. The fourth-order valence-electron chi connectivity index (χ4n) is 1.99. The normalized spacial score (nSPS) is 10.8. The van der Waals surface area contributed by atoms with Crippen LogP contribution < -0.4 is 5.32 Å². The first-order valence-corrected chi connectivity index (χ1v) is 7.26. The first kappa shape index (κ1) is 13.3. The highest BCUT2D eigenvalue weighted by molar-refractivity contribution is 9.10. The van der Waals surface area contributed by atoms with Crippen LogP contribution in [0.2, 0.25) is 5.28 Å². The topological polar surface area (TPSA) is 37.8 Å². The van der Waals surface area contributed by atoms with Gasteiger partial charge in [0, 0.05) is 9.86 Å². The largest absolute Gasteiger partial charge is 0.339 e. The van der Waals surface area contributed by atoms with Crippen molar-refractivity contribution in [3.8, 4) is 0 Å². The molecule has 0 bridgehead atoms. The van der Waals surface area contributed by atoms with Crippen LogP contribution in [0, 0.1) is 6.92 Å². The number of aryl methyl sites for hydroxylation is 1. The Morgan fingerprint density at radius 3 is 2.70 bits per heavy atom. The Labute approximate surface area is 130 Å². The van der Waals surface area contributed by atoms with E-state index < -0.39 is 0 Å². The number of benzene rings is 2. The number of fused-ring (bicyclic) bond motifs is 1. The molecule has 3 rings (SSSR count). The first-order valence-electron chi connectivity index (χ1n) is 6.09. The van der Waals surface area contributed by atoms with Crippen molar-refractivity contribution in [2.24, 2.45) is 0 Å². The molecule has 5 heteroatoms. The minimum atomic E-state index is 0.231. The average Bonchev–Trinajstić information content (AvgIpc) is 2.41. The molecular weight excluding hydrogens is 338 g/mol. The van der Waals surface area contributed by atoms with Gasteiger partial charge in [-0.1, -0.05) is 18.2 Å². The molecule has 0 atom stereocenters. The van der Waals surface area contributed by atoms with E-state index in [0.29, 0.717) is 5.82 Å². The van der Waals surface area contributed by atoms with E-state index in [4.69, 9.17) is 11.6 Å². The van der Waals surface area contributed by atoms with Gasteiger partial charge in [0.25, 0.3) is 0 Å². The summed E-state index contributed by atoms with van der Waals surface area (Å²) in [5.74, 6) is 0.699. The Balaban J connectivity index is 2.10. The van der Waals surface area contributed by atoms with E-state index in [2.05, 4.69) is 31.2 Å². The molecule has 0 amide bonds. The average molecular weight is 349 g/mol. The Morgan fingerprint density at radius 2 is 1.90 bits per heavy atom. The van der Waals surface area contributed by atoms with Gasteiger partial charge >= 0.3 is 0 Å². The fourth-order valence-corrected chi connectivity index (χ4v) is 2.76.